The van der Waals surface area contributed by atoms with Crippen molar-refractivity contribution in [1.82, 2.24) is 0 Å². The number of ether oxygens (including phenoxy) is 1. The van der Waals surface area contributed by atoms with Gasteiger partial charge in [-0.05, 0) is 12.3 Å². The topological polar surface area (TPSA) is 26.3 Å². The van der Waals surface area contributed by atoms with Crippen LogP contribution in [0.15, 0.2) is 0 Å². The van der Waals surface area contributed by atoms with Gasteiger partial charge in [0, 0.05) is 5.75 Å². The molecule has 0 aliphatic carbocycles. The maximum atomic E-state index is 11.2. The highest BCUT2D eigenvalue weighted by atomic mass is 32.1. The molecule has 0 aromatic carbocycles. The molecule has 1 unspecified atom stereocenters. The fourth-order valence-corrected chi connectivity index (χ4v) is 1.14. The van der Waals surface area contributed by atoms with Gasteiger partial charge in [-0.3, -0.25) is 4.79 Å². The van der Waals surface area contributed by atoms with E-state index in [0.29, 0.717) is 18.3 Å². The summed E-state index contributed by atoms with van der Waals surface area (Å²) in [5.41, 5.74) is 0. The minimum atomic E-state index is -0.110. The number of esters is 1. The predicted octanol–water partition coefficient (Wildman–Crippen LogP) is 2.14. The molecule has 0 fully saturated rings. The zero-order valence-corrected chi connectivity index (χ0v) is 8.93. The lowest BCUT2D eigenvalue weighted by molar-refractivity contribution is -0.148. The van der Waals surface area contributed by atoms with Gasteiger partial charge in [0.1, 0.15) is 0 Å². The van der Waals surface area contributed by atoms with E-state index in [1.54, 1.807) is 0 Å². The minimum Gasteiger partial charge on any atom is -0.465 e. The Labute approximate surface area is 80.1 Å². The van der Waals surface area contributed by atoms with Crippen LogP contribution in [0.4, 0.5) is 0 Å². The van der Waals surface area contributed by atoms with Crippen LogP contribution in [0.5, 0.6) is 0 Å². The van der Waals surface area contributed by atoms with E-state index in [-0.39, 0.29) is 11.9 Å². The van der Waals surface area contributed by atoms with Crippen molar-refractivity contribution in [1.29, 1.82) is 0 Å². The predicted molar refractivity (Wildman–Crippen MR) is 53.4 cm³/mol. The molecule has 0 rings (SSSR count). The van der Waals surface area contributed by atoms with Crippen molar-refractivity contribution in [2.45, 2.75) is 27.2 Å². The second-order valence-electron chi connectivity index (χ2n) is 3.31. The van der Waals surface area contributed by atoms with Gasteiger partial charge in [0.2, 0.25) is 0 Å². The summed E-state index contributed by atoms with van der Waals surface area (Å²) in [5, 5.41) is 0. The van der Waals surface area contributed by atoms with E-state index in [2.05, 4.69) is 12.6 Å². The number of carbonyl (C=O) groups is 1. The van der Waals surface area contributed by atoms with Crippen molar-refractivity contribution in [2.75, 3.05) is 12.4 Å². The molecule has 0 radical (unpaired) electrons. The number of carbonyl (C=O) groups excluding carboxylic acids is 1. The van der Waals surface area contributed by atoms with E-state index >= 15 is 0 Å². The Morgan fingerprint density at radius 3 is 2.42 bits per heavy atom. The van der Waals surface area contributed by atoms with E-state index in [1.807, 2.05) is 20.8 Å². The Balaban J connectivity index is 3.69. The van der Waals surface area contributed by atoms with Gasteiger partial charge in [0.25, 0.3) is 0 Å². The van der Waals surface area contributed by atoms with E-state index in [9.17, 15) is 4.79 Å². The highest BCUT2D eigenvalue weighted by molar-refractivity contribution is 7.80. The molecule has 3 heteroatoms. The molecule has 0 amide bonds. The first-order valence-electron chi connectivity index (χ1n) is 4.39. The molecule has 0 aliphatic heterocycles. The molecule has 1 atom stereocenters. The van der Waals surface area contributed by atoms with Crippen molar-refractivity contribution >= 4 is 18.6 Å². The van der Waals surface area contributed by atoms with Crippen molar-refractivity contribution in [2.24, 2.45) is 11.8 Å². The van der Waals surface area contributed by atoms with Gasteiger partial charge >= 0.3 is 5.97 Å². The average Bonchev–Trinajstić information content (AvgIpc) is 2.03. The molecular weight excluding hydrogens is 172 g/mol. The smallest absolute Gasteiger partial charge is 0.309 e. The molecule has 0 heterocycles. The third-order valence-electron chi connectivity index (χ3n) is 1.61. The Bertz CT molecular complexity index is 130. The molecule has 2 nitrogen and oxygen atoms in total. The summed E-state index contributed by atoms with van der Waals surface area (Å²) in [7, 11) is 0. The molecule has 0 aliphatic rings. The van der Waals surface area contributed by atoms with Crippen LogP contribution < -0.4 is 0 Å². The second kappa shape index (κ2) is 6.35. The van der Waals surface area contributed by atoms with Gasteiger partial charge in [0.15, 0.2) is 0 Å². The van der Waals surface area contributed by atoms with E-state index in [1.165, 1.54) is 0 Å². The maximum Gasteiger partial charge on any atom is 0.309 e. The third kappa shape index (κ3) is 4.65. The molecule has 0 saturated carbocycles. The average molecular weight is 190 g/mol. The highest BCUT2D eigenvalue weighted by Crippen LogP contribution is 2.08. The lowest BCUT2D eigenvalue weighted by atomic mass is 10.1. The largest absolute Gasteiger partial charge is 0.465 e. The molecular formula is C9H18O2S. The standard InChI is InChI=1S/C9H18O2S/c1-4-8(6-12)9(10)11-5-7(2)3/h7-8,12H,4-6H2,1-3H3. The zero-order chi connectivity index (χ0) is 9.56. The van der Waals surface area contributed by atoms with E-state index in [0.717, 1.165) is 6.42 Å². The Morgan fingerprint density at radius 1 is 1.50 bits per heavy atom. The number of rotatable bonds is 5. The molecule has 72 valence electrons. The summed E-state index contributed by atoms with van der Waals surface area (Å²) in [6, 6.07) is 0. The summed E-state index contributed by atoms with van der Waals surface area (Å²) < 4.78 is 5.06. The molecule has 0 bridgehead atoms. The Morgan fingerprint density at radius 2 is 2.08 bits per heavy atom. The highest BCUT2D eigenvalue weighted by Gasteiger charge is 2.15. The molecule has 0 saturated heterocycles. The number of thiol groups is 1. The van der Waals surface area contributed by atoms with Crippen LogP contribution in [0, 0.1) is 11.8 Å². The second-order valence-corrected chi connectivity index (χ2v) is 3.68. The molecule has 0 aromatic rings. The van der Waals surface area contributed by atoms with E-state index < -0.39 is 0 Å². The molecule has 0 aromatic heterocycles. The van der Waals surface area contributed by atoms with Crippen molar-refractivity contribution in [3.05, 3.63) is 0 Å². The quantitative estimate of drug-likeness (QED) is 0.531. The summed E-state index contributed by atoms with van der Waals surface area (Å²) in [4.78, 5) is 11.2. The van der Waals surface area contributed by atoms with Crippen molar-refractivity contribution < 1.29 is 9.53 Å². The zero-order valence-electron chi connectivity index (χ0n) is 8.04. The lowest BCUT2D eigenvalue weighted by Gasteiger charge is -2.12. The van der Waals surface area contributed by atoms with Crippen LogP contribution in [-0.2, 0) is 9.53 Å². The van der Waals surface area contributed by atoms with Gasteiger partial charge < -0.3 is 4.74 Å². The van der Waals surface area contributed by atoms with Gasteiger partial charge in [0.05, 0.1) is 12.5 Å². The Kier molecular flexibility index (Phi) is 6.25. The lowest BCUT2D eigenvalue weighted by Crippen LogP contribution is -2.20. The van der Waals surface area contributed by atoms with E-state index in [4.69, 9.17) is 4.74 Å². The third-order valence-corrected chi connectivity index (χ3v) is 2.05. The Hall–Kier alpha value is -0.180. The molecule has 12 heavy (non-hydrogen) atoms. The normalized spacial score (nSPS) is 13.1. The van der Waals surface area contributed by atoms with Gasteiger partial charge in [-0.15, -0.1) is 0 Å². The van der Waals surface area contributed by atoms with Crippen LogP contribution >= 0.6 is 12.6 Å². The van der Waals surface area contributed by atoms with Gasteiger partial charge in [-0.2, -0.15) is 12.6 Å². The monoisotopic (exact) mass is 190 g/mol. The minimum absolute atomic E-state index is 0.0351. The summed E-state index contributed by atoms with van der Waals surface area (Å²) in [6.45, 7) is 6.53. The fourth-order valence-electron chi connectivity index (χ4n) is 0.737. The van der Waals surface area contributed by atoms with Crippen LogP contribution in [0.2, 0.25) is 0 Å². The summed E-state index contributed by atoms with van der Waals surface area (Å²) in [5.74, 6) is 0.840. The van der Waals surface area contributed by atoms with Crippen LogP contribution in [0.3, 0.4) is 0 Å². The number of hydrogen-bond acceptors (Lipinski definition) is 3. The fraction of sp³-hybridized carbons (Fsp3) is 0.889. The first-order chi connectivity index (χ1) is 5.61. The van der Waals surface area contributed by atoms with Crippen LogP contribution in [-0.4, -0.2) is 18.3 Å². The first-order valence-corrected chi connectivity index (χ1v) is 5.02. The molecule has 0 spiro atoms. The molecule has 0 N–H and O–H groups in total. The van der Waals surface area contributed by atoms with Gasteiger partial charge in [-0.25, -0.2) is 0 Å². The van der Waals surface area contributed by atoms with Crippen LogP contribution in [0.1, 0.15) is 27.2 Å². The van der Waals surface area contributed by atoms with Gasteiger partial charge in [-0.1, -0.05) is 20.8 Å². The van der Waals surface area contributed by atoms with Crippen molar-refractivity contribution in [3.63, 3.8) is 0 Å². The maximum absolute atomic E-state index is 11.2. The SMILES string of the molecule is CCC(CS)C(=O)OCC(C)C. The summed E-state index contributed by atoms with van der Waals surface area (Å²) in [6.07, 6.45) is 0.806. The summed E-state index contributed by atoms with van der Waals surface area (Å²) >= 11 is 4.08. The number of hydrogen-bond donors (Lipinski definition) is 1. The van der Waals surface area contributed by atoms with Crippen LogP contribution in [0.25, 0.3) is 0 Å². The first kappa shape index (κ1) is 11.8. The van der Waals surface area contributed by atoms with Crippen molar-refractivity contribution in [3.8, 4) is 0 Å².